The van der Waals surface area contributed by atoms with E-state index in [1.807, 2.05) is 17.4 Å². The fraction of sp³-hybridized carbons (Fsp3) is 0.562. The SMILES string of the molecule is CC(C)(C)Oc1cccc2sc(C3CCNCC3)nc12. The Morgan fingerprint density at radius 1 is 1.25 bits per heavy atom. The molecule has 1 N–H and O–H groups in total. The second-order valence-electron chi connectivity index (χ2n) is 6.39. The Morgan fingerprint density at radius 3 is 2.70 bits per heavy atom. The second kappa shape index (κ2) is 5.34. The number of nitrogens with zero attached hydrogens (tertiary/aromatic N) is 1. The Balaban J connectivity index is 1.95. The fourth-order valence-electron chi connectivity index (χ4n) is 2.60. The Kier molecular flexibility index (Phi) is 3.69. The Labute approximate surface area is 124 Å². The highest BCUT2D eigenvalue weighted by molar-refractivity contribution is 7.18. The van der Waals surface area contributed by atoms with E-state index in [0.717, 1.165) is 24.4 Å². The lowest BCUT2D eigenvalue weighted by Crippen LogP contribution is -2.26. The maximum Gasteiger partial charge on any atom is 0.147 e. The molecule has 4 heteroatoms. The van der Waals surface area contributed by atoms with Crippen LogP contribution in [-0.4, -0.2) is 23.7 Å². The molecule has 3 nitrogen and oxygen atoms in total. The van der Waals surface area contributed by atoms with Gasteiger partial charge in [-0.25, -0.2) is 4.98 Å². The van der Waals surface area contributed by atoms with Crippen LogP contribution in [0.15, 0.2) is 18.2 Å². The molecule has 1 aliphatic heterocycles. The molecule has 0 unspecified atom stereocenters. The van der Waals surface area contributed by atoms with Crippen LogP contribution in [0.25, 0.3) is 10.2 Å². The molecule has 20 heavy (non-hydrogen) atoms. The molecule has 0 aliphatic carbocycles. The lowest BCUT2D eigenvalue weighted by Gasteiger charge is -2.21. The summed E-state index contributed by atoms with van der Waals surface area (Å²) in [7, 11) is 0. The van der Waals surface area contributed by atoms with Crippen LogP contribution in [0.5, 0.6) is 5.75 Å². The summed E-state index contributed by atoms with van der Waals surface area (Å²) >= 11 is 1.83. The van der Waals surface area contributed by atoms with Gasteiger partial charge in [0.05, 0.1) is 9.71 Å². The van der Waals surface area contributed by atoms with E-state index in [9.17, 15) is 0 Å². The lowest BCUT2D eigenvalue weighted by atomic mass is 9.99. The van der Waals surface area contributed by atoms with E-state index in [1.165, 1.54) is 22.5 Å². The monoisotopic (exact) mass is 290 g/mol. The fourth-order valence-corrected chi connectivity index (χ4v) is 3.75. The minimum Gasteiger partial charge on any atom is -0.486 e. The van der Waals surface area contributed by atoms with Crippen molar-refractivity contribution in [2.24, 2.45) is 0 Å². The molecule has 2 heterocycles. The predicted molar refractivity (Wildman–Crippen MR) is 84.8 cm³/mol. The van der Waals surface area contributed by atoms with Crippen molar-refractivity contribution in [1.82, 2.24) is 10.3 Å². The molecule has 0 amide bonds. The minimum atomic E-state index is -0.188. The van der Waals surface area contributed by atoms with E-state index in [-0.39, 0.29) is 5.60 Å². The van der Waals surface area contributed by atoms with E-state index >= 15 is 0 Å². The number of piperidine rings is 1. The van der Waals surface area contributed by atoms with Crippen LogP contribution in [0.3, 0.4) is 0 Å². The molecule has 0 atom stereocenters. The van der Waals surface area contributed by atoms with Crippen molar-refractivity contribution in [3.05, 3.63) is 23.2 Å². The van der Waals surface area contributed by atoms with E-state index in [4.69, 9.17) is 9.72 Å². The molecular weight excluding hydrogens is 268 g/mol. The Bertz CT molecular complexity index is 594. The van der Waals surface area contributed by atoms with Crippen molar-refractivity contribution < 1.29 is 4.74 Å². The smallest absolute Gasteiger partial charge is 0.147 e. The zero-order valence-corrected chi connectivity index (χ0v) is 13.2. The summed E-state index contributed by atoms with van der Waals surface area (Å²) in [5, 5.41) is 4.68. The van der Waals surface area contributed by atoms with Crippen LogP contribution in [0, 0.1) is 0 Å². The molecular formula is C16H22N2OS. The third-order valence-corrected chi connectivity index (χ3v) is 4.69. The van der Waals surface area contributed by atoms with Crippen LogP contribution in [0.4, 0.5) is 0 Å². The van der Waals surface area contributed by atoms with Gasteiger partial charge in [0.1, 0.15) is 16.9 Å². The van der Waals surface area contributed by atoms with Crippen molar-refractivity contribution in [2.45, 2.75) is 45.1 Å². The van der Waals surface area contributed by atoms with Crippen molar-refractivity contribution >= 4 is 21.6 Å². The number of thiazole rings is 1. The minimum absolute atomic E-state index is 0.188. The van der Waals surface area contributed by atoms with Gasteiger partial charge in [-0.2, -0.15) is 0 Å². The van der Waals surface area contributed by atoms with Crippen LogP contribution in [0.2, 0.25) is 0 Å². The van der Waals surface area contributed by atoms with Gasteiger partial charge in [0.15, 0.2) is 0 Å². The number of hydrogen-bond donors (Lipinski definition) is 1. The largest absolute Gasteiger partial charge is 0.486 e. The van der Waals surface area contributed by atoms with Gasteiger partial charge in [0.2, 0.25) is 0 Å². The molecule has 0 bridgehead atoms. The number of benzene rings is 1. The van der Waals surface area contributed by atoms with Gasteiger partial charge in [0.25, 0.3) is 0 Å². The highest BCUT2D eigenvalue weighted by Gasteiger charge is 2.21. The molecule has 0 saturated carbocycles. The summed E-state index contributed by atoms with van der Waals surface area (Å²) in [5.74, 6) is 1.52. The molecule has 0 radical (unpaired) electrons. The van der Waals surface area contributed by atoms with Gasteiger partial charge in [-0.3, -0.25) is 0 Å². The summed E-state index contributed by atoms with van der Waals surface area (Å²) in [6, 6.07) is 6.24. The van der Waals surface area contributed by atoms with Gasteiger partial charge in [-0.05, 0) is 58.8 Å². The molecule has 1 saturated heterocycles. The van der Waals surface area contributed by atoms with E-state index in [1.54, 1.807) is 0 Å². The average molecular weight is 290 g/mol. The molecule has 1 fully saturated rings. The molecule has 1 aromatic heterocycles. The molecule has 1 aromatic carbocycles. The summed E-state index contributed by atoms with van der Waals surface area (Å²) < 4.78 is 7.28. The van der Waals surface area contributed by atoms with Crippen LogP contribution < -0.4 is 10.1 Å². The molecule has 108 valence electrons. The summed E-state index contributed by atoms with van der Waals surface area (Å²) in [5.41, 5.74) is 0.841. The zero-order valence-electron chi connectivity index (χ0n) is 12.4. The van der Waals surface area contributed by atoms with Gasteiger partial charge in [-0.15, -0.1) is 11.3 Å². The number of ether oxygens (including phenoxy) is 1. The van der Waals surface area contributed by atoms with E-state index in [2.05, 4.69) is 38.2 Å². The molecule has 3 rings (SSSR count). The van der Waals surface area contributed by atoms with Gasteiger partial charge in [0, 0.05) is 5.92 Å². The van der Waals surface area contributed by atoms with E-state index in [0.29, 0.717) is 5.92 Å². The number of fused-ring (bicyclic) bond motifs is 1. The van der Waals surface area contributed by atoms with Crippen LogP contribution in [-0.2, 0) is 0 Å². The quantitative estimate of drug-likeness (QED) is 0.909. The Morgan fingerprint density at radius 2 is 2.00 bits per heavy atom. The van der Waals surface area contributed by atoms with E-state index < -0.39 is 0 Å². The van der Waals surface area contributed by atoms with Crippen molar-refractivity contribution in [3.8, 4) is 5.75 Å². The van der Waals surface area contributed by atoms with Crippen LogP contribution in [0.1, 0.15) is 44.5 Å². The van der Waals surface area contributed by atoms with Gasteiger partial charge in [-0.1, -0.05) is 6.07 Å². The molecule has 1 aliphatic rings. The Hall–Kier alpha value is -1.13. The average Bonchev–Trinajstić information content (AvgIpc) is 2.83. The molecule has 2 aromatic rings. The normalized spacial score (nSPS) is 17.6. The number of nitrogens with one attached hydrogen (secondary N) is 1. The summed E-state index contributed by atoms with van der Waals surface area (Å²) in [6.07, 6.45) is 2.38. The number of aromatic nitrogens is 1. The first-order valence-electron chi connectivity index (χ1n) is 7.32. The number of rotatable bonds is 2. The van der Waals surface area contributed by atoms with Gasteiger partial charge >= 0.3 is 0 Å². The number of para-hydroxylation sites is 1. The van der Waals surface area contributed by atoms with Crippen molar-refractivity contribution in [2.75, 3.05) is 13.1 Å². The maximum absolute atomic E-state index is 6.05. The standard InChI is InChI=1S/C16H22N2OS/c1-16(2,3)19-12-5-4-6-13-14(12)18-15(20-13)11-7-9-17-10-8-11/h4-6,11,17H,7-10H2,1-3H3. The van der Waals surface area contributed by atoms with Gasteiger partial charge < -0.3 is 10.1 Å². The lowest BCUT2D eigenvalue weighted by molar-refractivity contribution is 0.133. The third kappa shape index (κ3) is 2.96. The zero-order chi connectivity index (χ0) is 14.2. The third-order valence-electron chi connectivity index (χ3n) is 3.50. The van der Waals surface area contributed by atoms with Crippen molar-refractivity contribution in [1.29, 1.82) is 0 Å². The second-order valence-corrected chi connectivity index (χ2v) is 7.46. The summed E-state index contributed by atoms with van der Waals surface area (Å²) in [6.45, 7) is 8.43. The first kappa shape index (κ1) is 13.8. The first-order valence-corrected chi connectivity index (χ1v) is 8.14. The summed E-state index contributed by atoms with van der Waals surface area (Å²) in [4.78, 5) is 4.89. The predicted octanol–water partition coefficient (Wildman–Crippen LogP) is 3.94. The topological polar surface area (TPSA) is 34.1 Å². The maximum atomic E-state index is 6.05. The first-order chi connectivity index (χ1) is 9.53. The highest BCUT2D eigenvalue weighted by Crippen LogP contribution is 2.36. The molecule has 0 spiro atoms. The van der Waals surface area contributed by atoms with Crippen molar-refractivity contribution in [3.63, 3.8) is 0 Å². The number of hydrogen-bond acceptors (Lipinski definition) is 4. The highest BCUT2D eigenvalue weighted by atomic mass is 32.1. The van der Waals surface area contributed by atoms with Crippen LogP contribution >= 0.6 is 11.3 Å².